The Labute approximate surface area is 111 Å². The Hall–Kier alpha value is -2.54. The van der Waals surface area contributed by atoms with Crippen LogP contribution in [-0.4, -0.2) is 0 Å². The Kier molecular flexibility index (Phi) is 2.18. The van der Waals surface area contributed by atoms with Crippen LogP contribution in [0.1, 0.15) is 0 Å². The van der Waals surface area contributed by atoms with Gasteiger partial charge >= 0.3 is 0 Å². The highest BCUT2D eigenvalue weighted by molar-refractivity contribution is 6.06. The number of hydrogen-bond acceptors (Lipinski definition) is 1. The molecule has 0 aliphatic carbocycles. The van der Waals surface area contributed by atoms with Crippen LogP contribution in [0.5, 0.6) is 0 Å². The fourth-order valence-corrected chi connectivity index (χ4v) is 2.45. The monoisotopic (exact) mass is 243 g/mol. The minimum absolute atomic E-state index is 0.890. The third kappa shape index (κ3) is 1.63. The molecule has 1 aromatic heterocycles. The number of rotatable bonds is 1. The zero-order valence-electron chi connectivity index (χ0n) is 10.3. The Morgan fingerprint density at radius 1 is 0.737 bits per heavy atom. The molecule has 19 heavy (non-hydrogen) atoms. The predicted molar refractivity (Wildman–Crippen MR) is 78.0 cm³/mol. The molecule has 3 aromatic carbocycles. The molecule has 0 bridgehead atoms. The second-order valence-corrected chi connectivity index (χ2v) is 4.59. The van der Waals surface area contributed by atoms with Gasteiger partial charge in [0.1, 0.15) is 11.2 Å². The van der Waals surface area contributed by atoms with E-state index in [1.54, 1.807) is 0 Å². The molecule has 0 N–H and O–H groups in total. The standard InChI is InChI=1S/C18H11O/c1-2-6-13(7-3-1)14-10-11-18-16(12-14)15-8-4-5-9-17(15)19-18/h1-9,11-12H. The summed E-state index contributed by atoms with van der Waals surface area (Å²) >= 11 is 0. The van der Waals surface area contributed by atoms with Crippen molar-refractivity contribution in [2.45, 2.75) is 0 Å². The van der Waals surface area contributed by atoms with E-state index in [9.17, 15) is 0 Å². The Balaban J connectivity index is 2.03. The normalized spacial score (nSPS) is 11.2. The number of para-hydroxylation sites is 1. The van der Waals surface area contributed by atoms with Crippen LogP contribution in [0, 0.1) is 6.07 Å². The molecule has 0 spiro atoms. The molecular weight excluding hydrogens is 232 g/mol. The van der Waals surface area contributed by atoms with Crippen molar-refractivity contribution in [2.24, 2.45) is 0 Å². The number of benzene rings is 3. The van der Waals surface area contributed by atoms with Crippen LogP contribution in [0.25, 0.3) is 33.1 Å². The van der Waals surface area contributed by atoms with E-state index in [4.69, 9.17) is 4.42 Å². The maximum atomic E-state index is 5.81. The van der Waals surface area contributed by atoms with E-state index in [0.29, 0.717) is 0 Å². The van der Waals surface area contributed by atoms with Gasteiger partial charge in [-0.2, -0.15) is 0 Å². The Morgan fingerprint density at radius 3 is 2.42 bits per heavy atom. The van der Waals surface area contributed by atoms with Gasteiger partial charge in [-0.05, 0) is 35.4 Å². The highest BCUT2D eigenvalue weighted by atomic mass is 16.3. The first-order valence-corrected chi connectivity index (χ1v) is 6.30. The van der Waals surface area contributed by atoms with Gasteiger partial charge in [-0.3, -0.25) is 0 Å². The first-order valence-electron chi connectivity index (χ1n) is 6.30. The molecule has 1 nitrogen and oxygen atoms in total. The van der Waals surface area contributed by atoms with Crippen LogP contribution in [0.2, 0.25) is 0 Å². The summed E-state index contributed by atoms with van der Waals surface area (Å²) in [5.74, 6) is 0. The van der Waals surface area contributed by atoms with Crippen LogP contribution in [0.4, 0.5) is 0 Å². The summed E-state index contributed by atoms with van der Waals surface area (Å²) in [6, 6.07) is 25.8. The average Bonchev–Trinajstić information content (AvgIpc) is 2.86. The van der Waals surface area contributed by atoms with Gasteiger partial charge in [-0.1, -0.05) is 48.5 Å². The number of furan rings is 1. The molecule has 0 amide bonds. The number of hydrogen-bond donors (Lipinski definition) is 0. The quantitative estimate of drug-likeness (QED) is 0.455. The first-order chi connectivity index (χ1) is 9.42. The third-order valence-corrected chi connectivity index (χ3v) is 3.39. The largest absolute Gasteiger partial charge is 0.456 e. The van der Waals surface area contributed by atoms with Crippen LogP contribution >= 0.6 is 0 Å². The molecule has 0 saturated heterocycles. The lowest BCUT2D eigenvalue weighted by Crippen LogP contribution is -1.76. The highest BCUT2D eigenvalue weighted by Gasteiger charge is 2.07. The van der Waals surface area contributed by atoms with Gasteiger partial charge in [-0.25, -0.2) is 0 Å². The van der Waals surface area contributed by atoms with Gasteiger partial charge in [0.2, 0.25) is 0 Å². The summed E-state index contributed by atoms with van der Waals surface area (Å²) in [5, 5.41) is 2.30. The van der Waals surface area contributed by atoms with Crippen molar-refractivity contribution in [3.8, 4) is 11.1 Å². The minimum Gasteiger partial charge on any atom is -0.456 e. The van der Waals surface area contributed by atoms with Crippen LogP contribution < -0.4 is 0 Å². The van der Waals surface area contributed by atoms with Crippen molar-refractivity contribution in [3.63, 3.8) is 0 Å². The Bertz CT molecular complexity index is 857. The van der Waals surface area contributed by atoms with Crippen molar-refractivity contribution in [1.82, 2.24) is 0 Å². The van der Waals surface area contributed by atoms with E-state index in [0.717, 1.165) is 27.5 Å². The molecule has 0 aliphatic rings. The van der Waals surface area contributed by atoms with Gasteiger partial charge in [0.25, 0.3) is 0 Å². The molecule has 4 rings (SSSR count). The summed E-state index contributed by atoms with van der Waals surface area (Å²) in [6.45, 7) is 0. The zero-order valence-corrected chi connectivity index (χ0v) is 10.3. The molecule has 89 valence electrons. The van der Waals surface area contributed by atoms with Crippen molar-refractivity contribution < 1.29 is 4.42 Å². The van der Waals surface area contributed by atoms with E-state index in [2.05, 4.69) is 30.3 Å². The summed E-state index contributed by atoms with van der Waals surface area (Å²) in [7, 11) is 0. The van der Waals surface area contributed by atoms with Gasteiger partial charge in [0, 0.05) is 10.8 Å². The molecular formula is C18H11O. The van der Waals surface area contributed by atoms with Crippen molar-refractivity contribution in [3.05, 3.63) is 72.8 Å². The fourth-order valence-electron chi connectivity index (χ4n) is 2.45. The average molecular weight is 243 g/mol. The van der Waals surface area contributed by atoms with E-state index >= 15 is 0 Å². The van der Waals surface area contributed by atoms with E-state index in [1.807, 2.05) is 42.5 Å². The summed E-state index contributed by atoms with van der Waals surface area (Å²) in [5.41, 5.74) is 4.09. The van der Waals surface area contributed by atoms with Gasteiger partial charge < -0.3 is 4.42 Å². The molecule has 0 saturated carbocycles. The lowest BCUT2D eigenvalue weighted by molar-refractivity contribution is 0.669. The van der Waals surface area contributed by atoms with Gasteiger partial charge in [-0.15, -0.1) is 0 Å². The van der Waals surface area contributed by atoms with Crippen molar-refractivity contribution in [1.29, 1.82) is 0 Å². The van der Waals surface area contributed by atoms with Gasteiger partial charge in [0.05, 0.1) is 0 Å². The van der Waals surface area contributed by atoms with Gasteiger partial charge in [0.15, 0.2) is 0 Å². The molecule has 0 fully saturated rings. The van der Waals surface area contributed by atoms with E-state index < -0.39 is 0 Å². The Morgan fingerprint density at radius 2 is 1.53 bits per heavy atom. The summed E-state index contributed by atoms with van der Waals surface area (Å²) in [6.07, 6.45) is 0. The maximum Gasteiger partial charge on any atom is 0.136 e. The SMILES string of the molecule is [c]1cc2oc3ccccc3c2cc1-c1ccccc1. The third-order valence-electron chi connectivity index (χ3n) is 3.39. The maximum absolute atomic E-state index is 5.81. The lowest BCUT2D eigenvalue weighted by atomic mass is 10.0. The molecule has 1 radical (unpaired) electrons. The lowest BCUT2D eigenvalue weighted by Gasteiger charge is -2.00. The topological polar surface area (TPSA) is 13.1 Å². The van der Waals surface area contributed by atoms with Crippen LogP contribution in [-0.2, 0) is 0 Å². The highest BCUT2D eigenvalue weighted by Crippen LogP contribution is 2.31. The summed E-state index contributed by atoms with van der Waals surface area (Å²) < 4.78 is 5.81. The molecule has 0 atom stereocenters. The first kappa shape index (κ1) is 10.4. The van der Waals surface area contributed by atoms with Crippen molar-refractivity contribution >= 4 is 21.9 Å². The molecule has 4 aromatic rings. The molecule has 0 unspecified atom stereocenters. The predicted octanol–water partition coefficient (Wildman–Crippen LogP) is 5.05. The van der Waals surface area contributed by atoms with E-state index in [-0.39, 0.29) is 0 Å². The van der Waals surface area contributed by atoms with Crippen LogP contribution in [0.3, 0.4) is 0 Å². The van der Waals surface area contributed by atoms with Crippen LogP contribution in [0.15, 0.2) is 71.1 Å². The fraction of sp³-hybridized carbons (Fsp3) is 0. The smallest absolute Gasteiger partial charge is 0.136 e. The van der Waals surface area contributed by atoms with Crippen molar-refractivity contribution in [2.75, 3.05) is 0 Å². The van der Waals surface area contributed by atoms with E-state index in [1.165, 1.54) is 5.56 Å². The zero-order chi connectivity index (χ0) is 12.7. The molecule has 1 heteroatoms. The molecule has 0 aliphatic heterocycles. The molecule has 1 heterocycles. The minimum atomic E-state index is 0.890. The summed E-state index contributed by atoms with van der Waals surface area (Å²) in [4.78, 5) is 0. The second kappa shape index (κ2) is 3.99. The second-order valence-electron chi connectivity index (χ2n) is 4.59. The number of fused-ring (bicyclic) bond motifs is 3.